The number of carbonyl (C=O) groups is 1. The number of ketones is 1. The monoisotopic (exact) mass is 314 g/mol. The highest BCUT2D eigenvalue weighted by Crippen LogP contribution is 2.19. The minimum atomic E-state index is -0.359. The third kappa shape index (κ3) is 3.34. The van der Waals surface area contributed by atoms with Gasteiger partial charge in [-0.2, -0.15) is 0 Å². The van der Waals surface area contributed by atoms with Gasteiger partial charge < -0.3 is 8.83 Å². The predicted molar refractivity (Wildman–Crippen MR) is 91.8 cm³/mol. The van der Waals surface area contributed by atoms with E-state index >= 15 is 0 Å². The first-order valence-corrected chi connectivity index (χ1v) is 6.99. The van der Waals surface area contributed by atoms with Gasteiger partial charge >= 0.3 is 0 Å². The Morgan fingerprint density at radius 3 is 2.13 bits per heavy atom. The van der Waals surface area contributed by atoms with Gasteiger partial charge in [-0.05, 0) is 24.2 Å². The van der Waals surface area contributed by atoms with Gasteiger partial charge in [0.05, 0.1) is 11.0 Å². The van der Waals surface area contributed by atoms with Crippen LogP contribution in [0.15, 0.2) is 69.3 Å². The van der Waals surface area contributed by atoms with Crippen molar-refractivity contribution in [2.75, 3.05) is 0 Å². The summed E-state index contributed by atoms with van der Waals surface area (Å²) >= 11 is 0. The fraction of sp³-hybridized carbons (Fsp3) is 0.150. The third-order valence-electron chi connectivity index (χ3n) is 3.08. The number of para-hydroxylation sites is 2. The summed E-state index contributed by atoms with van der Waals surface area (Å²) in [5.41, 5.74) is 0.272. The molecule has 23 heavy (non-hydrogen) atoms. The van der Waals surface area contributed by atoms with Gasteiger partial charge in [0.15, 0.2) is 11.5 Å². The number of hydrogen-bond donors (Lipinski definition) is 0. The molecule has 0 saturated heterocycles. The molecule has 0 saturated carbocycles. The highest BCUT2D eigenvalue weighted by Gasteiger charge is 2.05. The van der Waals surface area contributed by atoms with E-state index in [0.29, 0.717) is 17.6 Å². The third-order valence-corrected chi connectivity index (χ3v) is 3.08. The average molecular weight is 314 g/mol. The summed E-state index contributed by atoms with van der Waals surface area (Å²) < 4.78 is 70.8. The van der Waals surface area contributed by atoms with Crippen LogP contribution in [0, 0.1) is 0 Å². The summed E-state index contributed by atoms with van der Waals surface area (Å²) in [5.74, 6) is 0.409. The molecule has 4 rings (SSSR count). The molecule has 0 amide bonds. The second-order valence-corrected chi connectivity index (χ2v) is 4.72. The normalized spacial score (nSPS) is 15.4. The van der Waals surface area contributed by atoms with Crippen LogP contribution in [-0.2, 0) is 6.42 Å². The van der Waals surface area contributed by atoms with Crippen LogP contribution in [0.4, 0.5) is 0 Å². The molecule has 4 aromatic rings. The molecular weight excluding hydrogens is 288 g/mol. The van der Waals surface area contributed by atoms with Crippen LogP contribution in [0.25, 0.3) is 21.9 Å². The number of furan rings is 2. The van der Waals surface area contributed by atoms with Crippen molar-refractivity contribution in [3.05, 3.63) is 72.0 Å². The molecular formula is C20H18O3. The molecule has 0 aliphatic heterocycles. The molecule has 0 bridgehead atoms. The molecule has 0 N–H and O–H groups in total. The molecule has 0 radical (unpaired) electrons. The maximum atomic E-state index is 11.1. The van der Waals surface area contributed by atoms with Crippen LogP contribution in [0.5, 0.6) is 0 Å². The molecule has 3 heteroatoms. The second kappa shape index (κ2) is 6.53. The minimum absolute atomic E-state index is 0.0243. The largest absolute Gasteiger partial charge is 0.461 e. The summed E-state index contributed by atoms with van der Waals surface area (Å²) in [6.07, 6.45) is 0.675. The molecule has 0 unspecified atom stereocenters. The summed E-state index contributed by atoms with van der Waals surface area (Å²) in [6.45, 7) is 3.22. The van der Waals surface area contributed by atoms with Gasteiger partial charge in [0, 0.05) is 24.1 Å². The van der Waals surface area contributed by atoms with Crippen molar-refractivity contribution in [3.8, 4) is 0 Å². The molecule has 0 spiro atoms. The zero-order valence-electron chi connectivity index (χ0n) is 20.6. The maximum Gasteiger partial charge on any atom is 0.194 e. The quantitative estimate of drug-likeness (QED) is 0.450. The molecule has 0 aliphatic rings. The van der Waals surface area contributed by atoms with Gasteiger partial charge in [-0.1, -0.05) is 43.2 Å². The molecule has 2 aromatic heterocycles. The van der Waals surface area contributed by atoms with Crippen LogP contribution in [0.3, 0.4) is 0 Å². The van der Waals surface area contributed by atoms with E-state index in [1.807, 2.05) is 6.92 Å². The number of benzene rings is 2. The van der Waals surface area contributed by atoms with Crippen molar-refractivity contribution in [2.24, 2.45) is 0 Å². The highest BCUT2D eigenvalue weighted by atomic mass is 16.3. The maximum absolute atomic E-state index is 11.1. The van der Waals surface area contributed by atoms with E-state index in [2.05, 4.69) is 0 Å². The Balaban J connectivity index is 0.000000176. The van der Waals surface area contributed by atoms with E-state index in [9.17, 15) is 4.79 Å². The lowest BCUT2D eigenvalue weighted by Gasteiger charge is -1.83. The van der Waals surface area contributed by atoms with Crippen LogP contribution < -0.4 is 0 Å². The predicted octanol–water partition coefficient (Wildman–Crippen LogP) is 5.63. The van der Waals surface area contributed by atoms with Crippen LogP contribution in [0.2, 0.25) is 0 Å². The van der Waals surface area contributed by atoms with E-state index in [-0.39, 0.29) is 76.4 Å². The fourth-order valence-corrected chi connectivity index (χ4v) is 1.93. The fourth-order valence-electron chi connectivity index (χ4n) is 1.93. The standard InChI is InChI=1S/C10H8O2.C10H10O/c1-7(11)10-6-8-4-2-3-5-9(8)12-10;1-2-9-7-8-5-3-4-6-10(8)11-9/h2-6H,1H3;3-7H,2H2,1H3/i2D,3D,4D,5D;3D,4D,5D,6D. The number of hydrogen-bond acceptors (Lipinski definition) is 3. The molecule has 0 atom stereocenters. The number of fused-ring (bicyclic) bond motifs is 2. The molecule has 2 heterocycles. The minimum Gasteiger partial charge on any atom is -0.461 e. The van der Waals surface area contributed by atoms with Crippen molar-refractivity contribution < 1.29 is 24.6 Å². The Kier molecular flexibility index (Phi) is 2.31. The van der Waals surface area contributed by atoms with E-state index < -0.39 is 0 Å². The summed E-state index contributed by atoms with van der Waals surface area (Å²) in [7, 11) is 0. The van der Waals surface area contributed by atoms with Crippen LogP contribution in [0.1, 0.15) is 41.1 Å². The smallest absolute Gasteiger partial charge is 0.194 e. The Labute approximate surface area is 145 Å². The SMILES string of the molecule is [2H]c1c([2H])c([2H])c2oc(C(C)=O)cc2c1[2H].[2H]c1c([2H])c([2H])c2oc(CC)cc2c1[2H]. The first-order chi connectivity index (χ1) is 14.5. The molecule has 0 fully saturated rings. The molecule has 0 aliphatic carbocycles. The molecule has 2 aromatic carbocycles. The Morgan fingerprint density at radius 2 is 1.52 bits per heavy atom. The topological polar surface area (TPSA) is 43.4 Å². The number of Topliss-reactive ketones (excluding diaryl/α,β-unsaturated/α-hetero) is 1. The zero-order valence-corrected chi connectivity index (χ0v) is 12.6. The van der Waals surface area contributed by atoms with Gasteiger partial charge in [-0.15, -0.1) is 0 Å². The molecule has 116 valence electrons. The van der Waals surface area contributed by atoms with E-state index in [1.165, 1.54) is 13.0 Å². The van der Waals surface area contributed by atoms with Gasteiger partial charge in [-0.3, -0.25) is 4.79 Å². The van der Waals surface area contributed by atoms with Crippen molar-refractivity contribution in [2.45, 2.75) is 20.3 Å². The summed E-state index contributed by atoms with van der Waals surface area (Å²) in [5, 5.41) is 0.689. The lowest BCUT2D eigenvalue weighted by molar-refractivity contribution is 0.0989. The van der Waals surface area contributed by atoms with Gasteiger partial charge in [0.2, 0.25) is 0 Å². The van der Waals surface area contributed by atoms with Gasteiger partial charge in [-0.25, -0.2) is 0 Å². The average Bonchev–Trinajstić information content (AvgIpc) is 3.39. The zero-order chi connectivity index (χ0) is 23.2. The van der Waals surface area contributed by atoms with E-state index in [0.717, 1.165) is 0 Å². The lowest BCUT2D eigenvalue weighted by Crippen LogP contribution is -1.85. The van der Waals surface area contributed by atoms with Crippen molar-refractivity contribution in [1.82, 2.24) is 0 Å². The Bertz CT molecular complexity index is 1250. The van der Waals surface area contributed by atoms with E-state index in [4.69, 9.17) is 19.8 Å². The first-order valence-electron chi connectivity index (χ1n) is 11.0. The Morgan fingerprint density at radius 1 is 0.957 bits per heavy atom. The molecule has 3 nitrogen and oxygen atoms in total. The van der Waals surface area contributed by atoms with Crippen molar-refractivity contribution in [1.29, 1.82) is 0 Å². The van der Waals surface area contributed by atoms with E-state index in [1.54, 1.807) is 6.07 Å². The summed E-state index contributed by atoms with van der Waals surface area (Å²) in [4.78, 5) is 11.1. The first kappa shape index (κ1) is 8.16. The number of carbonyl (C=O) groups excluding carboxylic acids is 1. The highest BCUT2D eigenvalue weighted by molar-refractivity contribution is 5.95. The number of rotatable bonds is 2. The van der Waals surface area contributed by atoms with Crippen LogP contribution >= 0.6 is 0 Å². The van der Waals surface area contributed by atoms with Crippen molar-refractivity contribution >= 4 is 27.7 Å². The van der Waals surface area contributed by atoms with Crippen molar-refractivity contribution in [3.63, 3.8) is 0 Å². The number of aryl methyl sites for hydroxylation is 1. The summed E-state index contributed by atoms with van der Waals surface area (Å²) in [6, 6.07) is 1.29. The van der Waals surface area contributed by atoms with Gasteiger partial charge in [0.25, 0.3) is 0 Å². The lowest BCUT2D eigenvalue weighted by atomic mass is 10.2. The Hall–Kier alpha value is -2.81. The second-order valence-electron chi connectivity index (χ2n) is 4.72. The van der Waals surface area contributed by atoms with Crippen LogP contribution in [-0.4, -0.2) is 5.78 Å². The van der Waals surface area contributed by atoms with Gasteiger partial charge in [0.1, 0.15) is 16.9 Å².